The lowest BCUT2D eigenvalue weighted by Gasteiger charge is -2.13. The van der Waals surface area contributed by atoms with Gasteiger partial charge in [0.1, 0.15) is 6.33 Å². The molecule has 0 aliphatic carbocycles. The lowest BCUT2D eigenvalue weighted by molar-refractivity contribution is -0.143. The third-order valence-electron chi connectivity index (χ3n) is 4.25. The predicted molar refractivity (Wildman–Crippen MR) is 104 cm³/mol. The van der Waals surface area contributed by atoms with Gasteiger partial charge in [-0.3, -0.25) is 4.79 Å². The van der Waals surface area contributed by atoms with Crippen LogP contribution in [0.15, 0.2) is 53.7 Å². The van der Waals surface area contributed by atoms with Crippen molar-refractivity contribution in [2.75, 3.05) is 0 Å². The molecule has 0 saturated carbocycles. The number of nitrogens with two attached hydrogens (primary N) is 1. The van der Waals surface area contributed by atoms with Crippen molar-refractivity contribution in [3.8, 4) is 11.4 Å². The van der Waals surface area contributed by atoms with Crippen LogP contribution in [0.5, 0.6) is 0 Å². The summed E-state index contributed by atoms with van der Waals surface area (Å²) in [5.74, 6) is -1.40. The molecule has 0 bridgehead atoms. The molecule has 0 fully saturated rings. The van der Waals surface area contributed by atoms with E-state index < -0.39 is 51.9 Å². The second-order valence-electron chi connectivity index (χ2n) is 6.52. The Morgan fingerprint density at radius 1 is 1.00 bits per heavy atom. The number of hydrogen-bond donors (Lipinski definition) is 2. The minimum Gasteiger partial charge on any atom is -0.366 e. The number of rotatable bonds is 5. The molecule has 1 atom stereocenters. The lowest BCUT2D eigenvalue weighted by atomic mass is 10.0. The number of carbonyl (C=O) groups is 1. The number of benzene rings is 2. The van der Waals surface area contributed by atoms with Crippen LogP contribution in [-0.2, 0) is 28.2 Å². The molecule has 0 aliphatic heterocycles. The van der Waals surface area contributed by atoms with E-state index in [9.17, 15) is 35.3 Å². The van der Waals surface area contributed by atoms with Gasteiger partial charge in [-0.1, -0.05) is 12.1 Å². The summed E-state index contributed by atoms with van der Waals surface area (Å²) in [6, 6.07) is 6.09. The van der Waals surface area contributed by atoms with Crippen molar-refractivity contribution in [1.82, 2.24) is 14.8 Å². The molecule has 0 spiro atoms. The Balaban J connectivity index is 2.04. The van der Waals surface area contributed by atoms with Gasteiger partial charge in [0, 0.05) is 11.8 Å². The van der Waals surface area contributed by atoms with Crippen LogP contribution in [0.4, 0.5) is 26.3 Å². The molecule has 0 radical (unpaired) electrons. The molecule has 33 heavy (non-hydrogen) atoms. The molecule has 174 valence electrons. The first-order valence-corrected chi connectivity index (χ1v) is 9.80. The van der Waals surface area contributed by atoms with Crippen molar-refractivity contribution in [1.29, 1.82) is 0 Å². The number of primary amides is 1. The molecule has 14 heteroatoms. The molecule has 0 aliphatic rings. The molecular weight excluding hydrogens is 478 g/mol. The van der Waals surface area contributed by atoms with Gasteiger partial charge in [-0.05, 0) is 35.9 Å². The van der Waals surface area contributed by atoms with E-state index in [2.05, 4.69) is 10.1 Å². The highest BCUT2D eigenvalue weighted by Gasteiger charge is 2.37. The predicted octanol–water partition coefficient (Wildman–Crippen LogP) is 4.05. The van der Waals surface area contributed by atoms with Crippen LogP contribution >= 0.6 is 0 Å². The molecule has 7 nitrogen and oxygen atoms in total. The van der Waals surface area contributed by atoms with Crippen molar-refractivity contribution in [2.45, 2.75) is 17.2 Å². The first kappa shape index (κ1) is 24.1. The van der Waals surface area contributed by atoms with Gasteiger partial charge in [-0.2, -0.15) is 26.3 Å². The summed E-state index contributed by atoms with van der Waals surface area (Å²) in [6.45, 7) is 0. The monoisotopic (exact) mass is 490 g/mol. The van der Waals surface area contributed by atoms with Crippen molar-refractivity contribution >= 4 is 28.8 Å². The number of amides is 1. The second-order valence-corrected chi connectivity index (χ2v) is 7.49. The van der Waals surface area contributed by atoms with E-state index in [1.807, 2.05) is 0 Å². The summed E-state index contributed by atoms with van der Waals surface area (Å²) < 4.78 is 99.4. The molecule has 1 aromatic heterocycles. The molecule has 3 aromatic rings. The van der Waals surface area contributed by atoms with Crippen LogP contribution < -0.4 is 5.73 Å². The largest absolute Gasteiger partial charge is 0.416 e. The fourth-order valence-electron chi connectivity index (χ4n) is 2.72. The van der Waals surface area contributed by atoms with E-state index in [0.717, 1.165) is 17.2 Å². The summed E-state index contributed by atoms with van der Waals surface area (Å²) in [7, 11) is 0. The Hall–Kier alpha value is -3.52. The standard InChI is InChI=1S/C19H12F6N4O3S/c20-18(21,22)12-5-11(6-13(7-12)19(23,24)25)17-27-9-29(28-17)8-15(16(26)30)10-1-3-14(4-2-10)33(31)32/h1-9H,(H2,26,30)(H,31,32)/b15-8+. The van der Waals surface area contributed by atoms with Crippen LogP contribution in [0.25, 0.3) is 23.2 Å². The van der Waals surface area contributed by atoms with Gasteiger partial charge in [0.15, 0.2) is 16.9 Å². The Morgan fingerprint density at radius 2 is 1.55 bits per heavy atom. The SMILES string of the molecule is NC(=O)/C(=C/n1cnc(-c2cc(C(F)(F)F)cc(C(F)(F)F)c2)n1)c1ccc(S(=O)O)cc1. The summed E-state index contributed by atoms with van der Waals surface area (Å²) in [5, 5.41) is 3.82. The summed E-state index contributed by atoms with van der Waals surface area (Å²) >= 11 is -2.26. The van der Waals surface area contributed by atoms with Crippen LogP contribution in [0.2, 0.25) is 0 Å². The fraction of sp³-hybridized carbons (Fsp3) is 0.105. The van der Waals surface area contributed by atoms with E-state index in [1.54, 1.807) is 0 Å². The van der Waals surface area contributed by atoms with Gasteiger partial charge in [0.25, 0.3) is 5.91 Å². The van der Waals surface area contributed by atoms with E-state index in [4.69, 9.17) is 10.3 Å². The molecule has 3 N–H and O–H groups in total. The number of hydrogen-bond acceptors (Lipinski definition) is 4. The van der Waals surface area contributed by atoms with Gasteiger partial charge in [0.2, 0.25) is 0 Å². The van der Waals surface area contributed by atoms with E-state index in [-0.39, 0.29) is 22.1 Å². The Morgan fingerprint density at radius 3 is 2.00 bits per heavy atom. The number of aromatic nitrogens is 3. The van der Waals surface area contributed by atoms with Crippen LogP contribution in [0, 0.1) is 0 Å². The molecule has 3 rings (SSSR count). The maximum absolute atomic E-state index is 13.1. The first-order chi connectivity index (χ1) is 15.3. The smallest absolute Gasteiger partial charge is 0.366 e. The topological polar surface area (TPSA) is 111 Å². The maximum atomic E-state index is 13.1. The second kappa shape index (κ2) is 8.78. The Labute approximate surface area is 183 Å². The average Bonchev–Trinajstić information content (AvgIpc) is 3.19. The summed E-state index contributed by atoms with van der Waals surface area (Å²) in [5.41, 5.74) is 1.80. The zero-order valence-electron chi connectivity index (χ0n) is 16.1. The number of alkyl halides is 6. The van der Waals surface area contributed by atoms with Crippen LogP contribution in [0.3, 0.4) is 0 Å². The Bertz CT molecular complexity index is 1220. The molecule has 0 saturated heterocycles. The van der Waals surface area contributed by atoms with Crippen molar-refractivity contribution in [3.63, 3.8) is 0 Å². The van der Waals surface area contributed by atoms with Crippen molar-refractivity contribution in [2.24, 2.45) is 5.73 Å². The third kappa shape index (κ3) is 5.64. The number of nitrogens with zero attached hydrogens (tertiary/aromatic N) is 3. The fourth-order valence-corrected chi connectivity index (χ4v) is 3.09. The van der Waals surface area contributed by atoms with Crippen LogP contribution in [-0.4, -0.2) is 29.4 Å². The molecule has 2 aromatic carbocycles. The van der Waals surface area contributed by atoms with E-state index in [0.29, 0.717) is 12.1 Å². The van der Waals surface area contributed by atoms with Gasteiger partial charge in [-0.15, -0.1) is 5.10 Å². The quantitative estimate of drug-likeness (QED) is 0.319. The van der Waals surface area contributed by atoms with Crippen molar-refractivity contribution in [3.05, 3.63) is 65.5 Å². The Kier molecular flexibility index (Phi) is 6.42. The summed E-state index contributed by atoms with van der Waals surface area (Å²) in [4.78, 5) is 15.6. The zero-order valence-corrected chi connectivity index (χ0v) is 16.9. The normalized spacial score (nSPS) is 13.7. The zero-order chi connectivity index (χ0) is 24.6. The highest BCUT2D eigenvalue weighted by atomic mass is 32.2. The van der Waals surface area contributed by atoms with E-state index in [1.165, 1.54) is 24.3 Å². The summed E-state index contributed by atoms with van der Waals surface area (Å²) in [6.07, 6.45) is -8.06. The first-order valence-electron chi connectivity index (χ1n) is 8.69. The highest BCUT2D eigenvalue weighted by molar-refractivity contribution is 7.79. The minimum absolute atomic E-state index is 0.0192. The van der Waals surface area contributed by atoms with Gasteiger partial charge in [0.05, 0.1) is 21.6 Å². The number of halogens is 6. The highest BCUT2D eigenvalue weighted by Crippen LogP contribution is 2.38. The average molecular weight is 490 g/mol. The van der Waals surface area contributed by atoms with Crippen molar-refractivity contribution < 1.29 is 39.9 Å². The number of carbonyl (C=O) groups excluding carboxylic acids is 1. The van der Waals surface area contributed by atoms with Gasteiger partial charge < -0.3 is 10.3 Å². The van der Waals surface area contributed by atoms with Gasteiger partial charge >= 0.3 is 12.4 Å². The molecule has 1 heterocycles. The molecule has 1 amide bonds. The molecular formula is C19H12F6N4O3S. The van der Waals surface area contributed by atoms with Gasteiger partial charge in [-0.25, -0.2) is 13.9 Å². The minimum atomic E-state index is -5.04. The maximum Gasteiger partial charge on any atom is 0.416 e. The van der Waals surface area contributed by atoms with Crippen LogP contribution in [0.1, 0.15) is 16.7 Å². The third-order valence-corrected chi connectivity index (χ3v) is 4.92. The lowest BCUT2D eigenvalue weighted by Crippen LogP contribution is -2.14. The molecule has 1 unspecified atom stereocenters. The van der Waals surface area contributed by atoms with E-state index >= 15 is 0 Å².